The summed E-state index contributed by atoms with van der Waals surface area (Å²) in [6, 6.07) is 0. The lowest BCUT2D eigenvalue weighted by Gasteiger charge is -2.34. The molecule has 5 nitrogen and oxygen atoms in total. The highest BCUT2D eigenvalue weighted by Crippen LogP contribution is 2.03. The van der Waals surface area contributed by atoms with Gasteiger partial charge < -0.3 is 20.0 Å². The maximum Gasteiger partial charge on any atom is 0.193 e. The first kappa shape index (κ1) is 22.9. The van der Waals surface area contributed by atoms with Crippen LogP contribution in [-0.2, 0) is 0 Å². The molecule has 0 aliphatic carbocycles. The van der Waals surface area contributed by atoms with Crippen LogP contribution >= 0.6 is 24.0 Å². The van der Waals surface area contributed by atoms with E-state index >= 15 is 0 Å². The van der Waals surface area contributed by atoms with Gasteiger partial charge in [0.25, 0.3) is 0 Å². The van der Waals surface area contributed by atoms with Gasteiger partial charge in [0.2, 0.25) is 0 Å². The average molecular weight is 439 g/mol. The maximum atomic E-state index is 4.36. The van der Waals surface area contributed by atoms with E-state index in [-0.39, 0.29) is 24.0 Å². The molecule has 0 aromatic carbocycles. The molecule has 0 spiro atoms. The lowest BCUT2D eigenvalue weighted by Crippen LogP contribution is -2.46. The third-order valence-electron chi connectivity index (χ3n) is 4.52. The summed E-state index contributed by atoms with van der Waals surface area (Å²) in [7, 11) is 4.00. The van der Waals surface area contributed by atoms with Crippen LogP contribution in [0.2, 0.25) is 0 Å². The van der Waals surface area contributed by atoms with E-state index in [0.29, 0.717) is 0 Å². The van der Waals surface area contributed by atoms with Crippen LogP contribution in [0.3, 0.4) is 0 Å². The van der Waals surface area contributed by atoms with Crippen molar-refractivity contribution in [2.45, 2.75) is 39.5 Å². The zero-order valence-electron chi connectivity index (χ0n) is 15.7. The molecule has 23 heavy (non-hydrogen) atoms. The zero-order chi connectivity index (χ0) is 16.2. The van der Waals surface area contributed by atoms with Crippen molar-refractivity contribution in [1.29, 1.82) is 0 Å². The smallest absolute Gasteiger partial charge is 0.193 e. The molecule has 6 heteroatoms. The Bertz CT molecular complexity index is 303. The van der Waals surface area contributed by atoms with Crippen LogP contribution in [0, 0.1) is 0 Å². The van der Waals surface area contributed by atoms with Crippen molar-refractivity contribution in [1.82, 2.24) is 20.0 Å². The fraction of sp³-hybridized carbons (Fsp3) is 0.941. The molecular weight excluding hydrogens is 401 g/mol. The van der Waals surface area contributed by atoms with Crippen molar-refractivity contribution in [2.24, 2.45) is 4.99 Å². The fourth-order valence-corrected chi connectivity index (χ4v) is 2.88. The minimum atomic E-state index is 0. The van der Waals surface area contributed by atoms with Crippen molar-refractivity contribution in [3.05, 3.63) is 0 Å². The molecule has 0 saturated carbocycles. The predicted molar refractivity (Wildman–Crippen MR) is 112 cm³/mol. The molecule has 0 amide bonds. The first-order valence-electron chi connectivity index (χ1n) is 9.07. The first-order chi connectivity index (χ1) is 10.7. The van der Waals surface area contributed by atoms with Gasteiger partial charge >= 0.3 is 0 Å². The van der Waals surface area contributed by atoms with Crippen molar-refractivity contribution in [3.63, 3.8) is 0 Å². The Morgan fingerprint density at radius 3 is 2.26 bits per heavy atom. The Kier molecular flexibility index (Phi) is 14.2. The SMILES string of the molecule is CCCCN(C)C(=NC)NCCCCN1CCN(CC)CC1.I. The number of nitrogens with one attached hydrogen (secondary N) is 1. The topological polar surface area (TPSA) is 34.1 Å². The van der Waals surface area contributed by atoms with Crippen LogP contribution in [0.5, 0.6) is 0 Å². The molecule has 138 valence electrons. The average Bonchev–Trinajstić information content (AvgIpc) is 2.56. The Balaban J connectivity index is 0.00000484. The summed E-state index contributed by atoms with van der Waals surface area (Å²) < 4.78 is 0. The Morgan fingerprint density at radius 2 is 1.70 bits per heavy atom. The van der Waals surface area contributed by atoms with Crippen LogP contribution in [0.1, 0.15) is 39.5 Å². The Hall–Kier alpha value is -0.0800. The number of likely N-dealkylation sites (N-methyl/N-ethyl adjacent to an activating group) is 1. The molecule has 1 saturated heterocycles. The van der Waals surface area contributed by atoms with Gasteiger partial charge in [0.1, 0.15) is 0 Å². The summed E-state index contributed by atoms with van der Waals surface area (Å²) in [6.45, 7) is 14.0. The minimum absolute atomic E-state index is 0. The third kappa shape index (κ3) is 9.72. The molecule has 1 aliphatic rings. The molecule has 0 unspecified atom stereocenters. The van der Waals surface area contributed by atoms with Gasteiger partial charge in [-0.15, -0.1) is 24.0 Å². The quantitative estimate of drug-likeness (QED) is 0.259. The standard InChI is InChI=1S/C17H37N5.HI/c1-5-7-11-20(4)17(18-3)19-10-8-9-12-22-15-13-21(6-2)14-16-22;/h5-16H2,1-4H3,(H,18,19);1H. The van der Waals surface area contributed by atoms with Crippen LogP contribution in [-0.4, -0.2) is 87.1 Å². The van der Waals surface area contributed by atoms with E-state index < -0.39 is 0 Å². The summed E-state index contributed by atoms with van der Waals surface area (Å²) >= 11 is 0. The van der Waals surface area contributed by atoms with E-state index in [0.717, 1.165) is 19.0 Å². The summed E-state index contributed by atoms with van der Waals surface area (Å²) in [4.78, 5) is 11.7. The van der Waals surface area contributed by atoms with Gasteiger partial charge in [-0.1, -0.05) is 20.3 Å². The number of piperazine rings is 1. The van der Waals surface area contributed by atoms with Gasteiger partial charge in [-0.05, 0) is 32.4 Å². The van der Waals surface area contributed by atoms with Gasteiger partial charge in [-0.25, -0.2) is 0 Å². The predicted octanol–water partition coefficient (Wildman–Crippen LogP) is 2.33. The van der Waals surface area contributed by atoms with E-state index in [9.17, 15) is 0 Å². The van der Waals surface area contributed by atoms with E-state index in [1.54, 1.807) is 0 Å². The van der Waals surface area contributed by atoms with Gasteiger partial charge in [-0.2, -0.15) is 0 Å². The lowest BCUT2D eigenvalue weighted by atomic mass is 10.2. The summed E-state index contributed by atoms with van der Waals surface area (Å²) in [5, 5.41) is 3.48. The fourth-order valence-electron chi connectivity index (χ4n) is 2.88. The number of nitrogens with zero attached hydrogens (tertiary/aromatic N) is 4. The van der Waals surface area contributed by atoms with Crippen LogP contribution in [0.25, 0.3) is 0 Å². The van der Waals surface area contributed by atoms with Crippen LogP contribution in [0.15, 0.2) is 4.99 Å². The second kappa shape index (κ2) is 14.3. The van der Waals surface area contributed by atoms with Crippen molar-refractivity contribution < 1.29 is 0 Å². The molecule has 1 aliphatic heterocycles. The Morgan fingerprint density at radius 1 is 1.04 bits per heavy atom. The first-order valence-corrected chi connectivity index (χ1v) is 9.07. The normalized spacial score (nSPS) is 17.0. The second-order valence-electron chi connectivity index (χ2n) is 6.23. The number of hydrogen-bond donors (Lipinski definition) is 1. The second-order valence-corrected chi connectivity index (χ2v) is 6.23. The van der Waals surface area contributed by atoms with Crippen LogP contribution < -0.4 is 5.32 Å². The monoisotopic (exact) mass is 439 g/mol. The molecule has 0 radical (unpaired) electrons. The lowest BCUT2D eigenvalue weighted by molar-refractivity contribution is 0.136. The third-order valence-corrected chi connectivity index (χ3v) is 4.52. The molecule has 1 heterocycles. The minimum Gasteiger partial charge on any atom is -0.356 e. The number of unbranched alkanes of at least 4 members (excludes halogenated alkanes) is 2. The molecule has 1 N–H and O–H groups in total. The summed E-state index contributed by atoms with van der Waals surface area (Å²) in [5.41, 5.74) is 0. The molecule has 1 rings (SSSR count). The molecule has 1 fully saturated rings. The van der Waals surface area contributed by atoms with E-state index in [4.69, 9.17) is 0 Å². The number of aliphatic imine (C=N–C) groups is 1. The maximum absolute atomic E-state index is 4.36. The van der Waals surface area contributed by atoms with Gasteiger partial charge in [-0.3, -0.25) is 4.99 Å². The van der Waals surface area contributed by atoms with E-state index in [1.165, 1.54) is 65.0 Å². The van der Waals surface area contributed by atoms with E-state index in [1.807, 2.05) is 7.05 Å². The highest BCUT2D eigenvalue weighted by atomic mass is 127. The highest BCUT2D eigenvalue weighted by Gasteiger charge is 2.14. The van der Waals surface area contributed by atoms with Gasteiger partial charge in [0, 0.05) is 53.4 Å². The number of hydrogen-bond acceptors (Lipinski definition) is 3. The van der Waals surface area contributed by atoms with Crippen molar-refractivity contribution in [2.75, 3.05) is 66.5 Å². The van der Waals surface area contributed by atoms with Crippen LogP contribution in [0.4, 0.5) is 0 Å². The van der Waals surface area contributed by atoms with Crippen molar-refractivity contribution >= 4 is 29.9 Å². The zero-order valence-corrected chi connectivity index (χ0v) is 18.0. The summed E-state index contributed by atoms with van der Waals surface area (Å²) in [6.07, 6.45) is 4.94. The molecule has 0 aromatic heterocycles. The van der Waals surface area contributed by atoms with E-state index in [2.05, 4.69) is 45.9 Å². The molecule has 0 atom stereocenters. The Labute approximate surface area is 160 Å². The molecule has 0 aromatic rings. The van der Waals surface area contributed by atoms with Crippen molar-refractivity contribution in [3.8, 4) is 0 Å². The largest absolute Gasteiger partial charge is 0.356 e. The summed E-state index contributed by atoms with van der Waals surface area (Å²) in [5.74, 6) is 1.03. The number of halogens is 1. The highest BCUT2D eigenvalue weighted by molar-refractivity contribution is 14.0. The molecular formula is C17H38IN5. The van der Waals surface area contributed by atoms with Gasteiger partial charge in [0.05, 0.1) is 0 Å². The number of rotatable bonds is 9. The number of guanidine groups is 1. The van der Waals surface area contributed by atoms with Gasteiger partial charge in [0.15, 0.2) is 5.96 Å². The molecule has 0 bridgehead atoms.